The first-order chi connectivity index (χ1) is 13.5. The molecule has 0 unspecified atom stereocenters. The van der Waals surface area contributed by atoms with Crippen LogP contribution in [0, 0.1) is 11.7 Å². The quantitative estimate of drug-likeness (QED) is 0.301. The van der Waals surface area contributed by atoms with Crippen LogP contribution >= 0.6 is 0 Å². The second kappa shape index (κ2) is 10.5. The Hall–Kier alpha value is -2.78. The molecule has 0 aromatic heterocycles. The van der Waals surface area contributed by atoms with Gasteiger partial charge in [0.05, 0.1) is 0 Å². The predicted octanol–water partition coefficient (Wildman–Crippen LogP) is 5.02. The molecule has 1 aliphatic rings. The molecular weight excluding hydrogens is 355 g/mol. The molecule has 0 aliphatic heterocycles. The summed E-state index contributed by atoms with van der Waals surface area (Å²) >= 11 is 0. The van der Waals surface area contributed by atoms with E-state index in [1.165, 1.54) is 42.2 Å². The Morgan fingerprint density at radius 2 is 2.14 bits per heavy atom. The molecule has 0 spiro atoms. The lowest BCUT2D eigenvalue weighted by Crippen LogP contribution is -2.14. The highest BCUT2D eigenvalue weighted by atomic mass is 19.1. The Bertz CT molecular complexity index is 806. The highest BCUT2D eigenvalue weighted by Gasteiger charge is 2.24. The summed E-state index contributed by atoms with van der Waals surface area (Å²) in [6, 6.07) is 2.91. The number of rotatable bonds is 10. The zero-order valence-electron chi connectivity index (χ0n) is 16.8. The number of allylic oxidation sites excluding steroid dienone is 5. The van der Waals surface area contributed by atoms with E-state index in [-0.39, 0.29) is 18.0 Å². The van der Waals surface area contributed by atoms with Crippen LogP contribution in [0.3, 0.4) is 0 Å². The van der Waals surface area contributed by atoms with Crippen molar-refractivity contribution in [2.24, 2.45) is 5.92 Å². The van der Waals surface area contributed by atoms with E-state index in [0.29, 0.717) is 18.0 Å². The van der Waals surface area contributed by atoms with Gasteiger partial charge < -0.3 is 15.7 Å². The molecule has 4 nitrogen and oxygen atoms in total. The van der Waals surface area contributed by atoms with Crippen molar-refractivity contribution in [2.45, 2.75) is 46.6 Å². The zero-order chi connectivity index (χ0) is 20.5. The van der Waals surface area contributed by atoms with Crippen LogP contribution in [0.4, 0.5) is 10.1 Å². The van der Waals surface area contributed by atoms with E-state index >= 15 is 0 Å². The highest BCUT2D eigenvalue weighted by molar-refractivity contribution is 5.59. The molecule has 0 saturated heterocycles. The molecule has 0 radical (unpaired) electrons. The second-order valence-corrected chi connectivity index (χ2v) is 6.99. The molecule has 28 heavy (non-hydrogen) atoms. The summed E-state index contributed by atoms with van der Waals surface area (Å²) in [7, 11) is 0. The minimum absolute atomic E-state index is 0.0141. The van der Waals surface area contributed by atoms with Crippen molar-refractivity contribution in [3.63, 3.8) is 0 Å². The first-order valence-electron chi connectivity index (χ1n) is 9.72. The van der Waals surface area contributed by atoms with Gasteiger partial charge in [-0.1, -0.05) is 24.6 Å². The van der Waals surface area contributed by atoms with Crippen LogP contribution in [0.5, 0.6) is 5.75 Å². The van der Waals surface area contributed by atoms with E-state index in [2.05, 4.69) is 42.7 Å². The zero-order valence-corrected chi connectivity index (χ0v) is 16.8. The lowest BCUT2D eigenvalue weighted by Gasteiger charge is -2.14. The maximum absolute atomic E-state index is 14.3. The van der Waals surface area contributed by atoms with Crippen molar-refractivity contribution in [1.82, 2.24) is 5.32 Å². The summed E-state index contributed by atoms with van der Waals surface area (Å²) < 4.78 is 14.3. The molecule has 0 bridgehead atoms. The molecule has 0 atom stereocenters. The van der Waals surface area contributed by atoms with Crippen LogP contribution in [0.15, 0.2) is 53.3 Å². The molecular formula is C23H29FN2O2. The highest BCUT2D eigenvalue weighted by Crippen LogP contribution is 2.37. The minimum atomic E-state index is -0.558. The van der Waals surface area contributed by atoms with E-state index in [9.17, 15) is 14.3 Å². The summed E-state index contributed by atoms with van der Waals surface area (Å²) in [5.74, 6) is 1.49. The van der Waals surface area contributed by atoms with Crippen LogP contribution < -0.4 is 10.6 Å². The van der Waals surface area contributed by atoms with Gasteiger partial charge in [-0.05, 0) is 68.4 Å². The number of carbonyl (C=O) groups excluding carboxylic acids is 1. The van der Waals surface area contributed by atoms with Crippen molar-refractivity contribution in [1.29, 1.82) is 0 Å². The number of hydrogen-bond acceptors (Lipinski definition) is 4. The molecule has 3 N–H and O–H groups in total. The number of halogens is 1. The third-order valence-corrected chi connectivity index (χ3v) is 4.79. The molecule has 1 aromatic carbocycles. The summed E-state index contributed by atoms with van der Waals surface area (Å²) in [6.45, 7) is 6.72. The van der Waals surface area contributed by atoms with Gasteiger partial charge in [0.1, 0.15) is 23.2 Å². The van der Waals surface area contributed by atoms with E-state index in [4.69, 9.17) is 0 Å². The molecule has 1 saturated carbocycles. The smallest absolute Gasteiger partial charge is 0.150 e. The van der Waals surface area contributed by atoms with Crippen molar-refractivity contribution in [3.8, 4) is 5.75 Å². The summed E-state index contributed by atoms with van der Waals surface area (Å²) in [5.41, 5.74) is 4.21. The molecule has 0 amide bonds. The summed E-state index contributed by atoms with van der Waals surface area (Å²) in [4.78, 5) is 10.2. The van der Waals surface area contributed by atoms with E-state index in [0.717, 1.165) is 12.1 Å². The van der Waals surface area contributed by atoms with Crippen LogP contribution in [0.25, 0.3) is 0 Å². The number of nitrogens with one attached hydrogen (secondary N) is 2. The maximum atomic E-state index is 14.3. The number of aromatic hydroxyl groups is 1. The van der Waals surface area contributed by atoms with Gasteiger partial charge in [0.2, 0.25) is 0 Å². The second-order valence-electron chi connectivity index (χ2n) is 6.99. The number of phenols is 1. The van der Waals surface area contributed by atoms with Crippen molar-refractivity contribution < 1.29 is 14.3 Å². The van der Waals surface area contributed by atoms with Gasteiger partial charge >= 0.3 is 0 Å². The average Bonchev–Trinajstić information content (AvgIpc) is 3.51. The lowest BCUT2D eigenvalue weighted by atomic mass is 10.1. The third kappa shape index (κ3) is 6.14. The summed E-state index contributed by atoms with van der Waals surface area (Å²) in [5, 5.41) is 16.2. The van der Waals surface area contributed by atoms with E-state index in [1.807, 2.05) is 6.92 Å². The van der Waals surface area contributed by atoms with Gasteiger partial charge in [0.15, 0.2) is 0 Å². The van der Waals surface area contributed by atoms with Crippen LogP contribution in [-0.2, 0) is 11.3 Å². The SMILES string of the molecule is C/C=C\C(=C/C(NCc1cc(O)c(NCC=C=O)c(F)c1)=C(C)CC)C1CC1. The Balaban J connectivity index is 2.17. The van der Waals surface area contributed by atoms with Crippen LogP contribution in [0.1, 0.15) is 45.6 Å². The number of benzene rings is 1. The fourth-order valence-corrected chi connectivity index (χ4v) is 2.91. The topological polar surface area (TPSA) is 61.4 Å². The van der Waals surface area contributed by atoms with Gasteiger partial charge in [-0.3, -0.25) is 0 Å². The van der Waals surface area contributed by atoms with Gasteiger partial charge in [-0.2, -0.15) is 0 Å². The fraction of sp³-hybridized carbons (Fsp3) is 0.391. The minimum Gasteiger partial charge on any atom is -0.506 e. The predicted molar refractivity (Wildman–Crippen MR) is 112 cm³/mol. The number of anilines is 1. The Labute approximate surface area is 166 Å². The molecule has 1 aliphatic carbocycles. The first-order valence-corrected chi connectivity index (χ1v) is 9.72. The van der Waals surface area contributed by atoms with Crippen molar-refractivity contribution >= 4 is 11.6 Å². The molecule has 2 rings (SSSR count). The largest absolute Gasteiger partial charge is 0.506 e. The van der Waals surface area contributed by atoms with Gasteiger partial charge in [-0.25, -0.2) is 9.18 Å². The molecule has 1 fully saturated rings. The first kappa shape index (κ1) is 21.5. The number of phenolic OH excluding ortho intramolecular Hbond substituents is 1. The average molecular weight is 384 g/mol. The maximum Gasteiger partial charge on any atom is 0.150 e. The van der Waals surface area contributed by atoms with Gasteiger partial charge in [0.25, 0.3) is 0 Å². The monoisotopic (exact) mass is 384 g/mol. The van der Waals surface area contributed by atoms with Crippen LogP contribution in [-0.4, -0.2) is 17.6 Å². The standard InChI is InChI=1S/C23H29FN2O2/c1-4-7-19(18-8-9-18)14-21(16(3)5-2)26-15-17-12-20(24)23(22(28)13-17)25-10-6-11-27/h4,6-7,12-14,18,25-26,28H,5,8-10,15H2,1-3H3/b7-4-,19-14+,21-16?. The Morgan fingerprint density at radius 1 is 1.39 bits per heavy atom. The Morgan fingerprint density at radius 3 is 2.71 bits per heavy atom. The molecule has 5 heteroatoms. The molecule has 0 heterocycles. The van der Waals surface area contributed by atoms with E-state index in [1.54, 1.807) is 5.94 Å². The van der Waals surface area contributed by atoms with Gasteiger partial charge in [0, 0.05) is 24.9 Å². The van der Waals surface area contributed by atoms with Crippen molar-refractivity contribution in [2.75, 3.05) is 11.9 Å². The number of hydrogen-bond donors (Lipinski definition) is 3. The molecule has 1 aromatic rings. The fourth-order valence-electron chi connectivity index (χ4n) is 2.91. The Kier molecular flexibility index (Phi) is 8.09. The van der Waals surface area contributed by atoms with Crippen molar-refractivity contribution in [3.05, 3.63) is 64.7 Å². The lowest BCUT2D eigenvalue weighted by molar-refractivity contribution is 0.470. The normalized spacial score (nSPS) is 15.2. The van der Waals surface area contributed by atoms with E-state index < -0.39 is 5.82 Å². The van der Waals surface area contributed by atoms with Gasteiger partial charge in [-0.15, -0.1) is 0 Å². The molecule has 150 valence electrons. The van der Waals surface area contributed by atoms with Crippen LogP contribution in [0.2, 0.25) is 0 Å². The third-order valence-electron chi connectivity index (χ3n) is 4.79. The summed E-state index contributed by atoms with van der Waals surface area (Å²) in [6.07, 6.45) is 11.0.